The maximum atomic E-state index is 12.9. The third-order valence-electron chi connectivity index (χ3n) is 5.64. The first kappa shape index (κ1) is 27.8. The standard InChI is InChI=1S/C20H33N5O8/c1-3-10(2)16(20(32)33)24-17(29)12(9-14(22)26)23-18(30)13-5-4-8-25(13)19(31)11(21)6-7-15(27)28/h10-13,16H,3-9,21H2,1-2H3,(H2,22,26)(H,23,30)(H,24,29)(H,27,28)(H,32,33). The third-order valence-corrected chi connectivity index (χ3v) is 5.64. The van der Waals surface area contributed by atoms with Gasteiger partial charge >= 0.3 is 11.9 Å². The molecule has 1 rings (SSSR count). The van der Waals surface area contributed by atoms with E-state index >= 15 is 0 Å². The average molecular weight is 472 g/mol. The third kappa shape index (κ3) is 8.33. The smallest absolute Gasteiger partial charge is 0.326 e. The molecule has 1 heterocycles. The number of hydrogen-bond donors (Lipinski definition) is 6. The van der Waals surface area contributed by atoms with Crippen LogP contribution in [0.1, 0.15) is 52.4 Å². The fourth-order valence-corrected chi connectivity index (χ4v) is 3.53. The molecule has 33 heavy (non-hydrogen) atoms. The Bertz CT molecular complexity index is 774. The maximum Gasteiger partial charge on any atom is 0.326 e. The predicted molar refractivity (Wildman–Crippen MR) is 114 cm³/mol. The van der Waals surface area contributed by atoms with Crippen LogP contribution in [-0.4, -0.2) is 81.4 Å². The van der Waals surface area contributed by atoms with E-state index in [1.54, 1.807) is 13.8 Å². The number of carbonyl (C=O) groups excluding carboxylic acids is 4. The van der Waals surface area contributed by atoms with E-state index in [0.29, 0.717) is 12.8 Å². The van der Waals surface area contributed by atoms with Crippen LogP contribution in [0.25, 0.3) is 0 Å². The van der Waals surface area contributed by atoms with Gasteiger partial charge in [-0.3, -0.25) is 24.0 Å². The van der Waals surface area contributed by atoms with Crippen molar-refractivity contribution in [2.45, 2.75) is 76.5 Å². The minimum Gasteiger partial charge on any atom is -0.481 e. The van der Waals surface area contributed by atoms with Crippen molar-refractivity contribution in [2.24, 2.45) is 17.4 Å². The van der Waals surface area contributed by atoms with Crippen LogP contribution in [0.4, 0.5) is 0 Å². The van der Waals surface area contributed by atoms with E-state index in [1.807, 2.05) is 0 Å². The fourth-order valence-electron chi connectivity index (χ4n) is 3.53. The molecule has 186 valence electrons. The summed E-state index contributed by atoms with van der Waals surface area (Å²) < 4.78 is 0. The lowest BCUT2D eigenvalue weighted by Crippen LogP contribution is -2.58. The molecule has 1 saturated heterocycles. The van der Waals surface area contributed by atoms with Gasteiger partial charge in [0, 0.05) is 13.0 Å². The van der Waals surface area contributed by atoms with Crippen molar-refractivity contribution < 1.29 is 39.0 Å². The average Bonchev–Trinajstić information content (AvgIpc) is 3.23. The second-order valence-corrected chi connectivity index (χ2v) is 8.17. The van der Waals surface area contributed by atoms with Gasteiger partial charge in [-0.25, -0.2) is 4.79 Å². The number of carboxylic acid groups (broad SMARTS) is 2. The molecule has 8 N–H and O–H groups in total. The van der Waals surface area contributed by atoms with Crippen LogP contribution in [0.15, 0.2) is 0 Å². The zero-order valence-corrected chi connectivity index (χ0v) is 18.8. The molecule has 1 aliphatic rings. The van der Waals surface area contributed by atoms with Gasteiger partial charge in [-0.05, 0) is 25.2 Å². The summed E-state index contributed by atoms with van der Waals surface area (Å²) in [5, 5.41) is 22.9. The summed E-state index contributed by atoms with van der Waals surface area (Å²) in [5.74, 6) is -5.86. The Morgan fingerprint density at radius 3 is 2.27 bits per heavy atom. The van der Waals surface area contributed by atoms with Crippen molar-refractivity contribution in [1.82, 2.24) is 15.5 Å². The van der Waals surface area contributed by atoms with Crippen molar-refractivity contribution >= 4 is 35.6 Å². The minimum atomic E-state index is -1.43. The first-order valence-electron chi connectivity index (χ1n) is 10.8. The van der Waals surface area contributed by atoms with Crippen LogP contribution in [0, 0.1) is 5.92 Å². The lowest BCUT2D eigenvalue weighted by atomic mass is 9.98. The highest BCUT2D eigenvalue weighted by atomic mass is 16.4. The molecule has 13 nitrogen and oxygen atoms in total. The molecule has 0 aromatic carbocycles. The van der Waals surface area contributed by atoms with E-state index in [-0.39, 0.29) is 25.8 Å². The largest absolute Gasteiger partial charge is 0.481 e. The van der Waals surface area contributed by atoms with Crippen molar-refractivity contribution in [3.05, 3.63) is 0 Å². The number of nitrogens with zero attached hydrogens (tertiary/aromatic N) is 1. The Morgan fingerprint density at radius 2 is 1.76 bits per heavy atom. The zero-order valence-electron chi connectivity index (χ0n) is 18.8. The highest BCUT2D eigenvalue weighted by Gasteiger charge is 2.38. The SMILES string of the molecule is CCC(C)C(NC(=O)C(CC(N)=O)NC(=O)C1CCCN1C(=O)C(N)CCC(=O)O)C(=O)O. The molecule has 0 radical (unpaired) electrons. The molecule has 1 fully saturated rings. The Morgan fingerprint density at radius 1 is 1.12 bits per heavy atom. The highest BCUT2D eigenvalue weighted by molar-refractivity contribution is 5.96. The molecule has 0 aliphatic carbocycles. The molecule has 5 atom stereocenters. The number of likely N-dealkylation sites (tertiary alicyclic amines) is 1. The number of amides is 4. The van der Waals surface area contributed by atoms with E-state index in [4.69, 9.17) is 16.6 Å². The summed E-state index contributed by atoms with van der Waals surface area (Å²) in [7, 11) is 0. The number of carboxylic acids is 2. The van der Waals surface area contributed by atoms with Gasteiger partial charge in [-0.15, -0.1) is 0 Å². The Hall–Kier alpha value is -3.22. The van der Waals surface area contributed by atoms with Gasteiger partial charge in [0.25, 0.3) is 0 Å². The maximum absolute atomic E-state index is 12.9. The quantitative estimate of drug-likeness (QED) is 0.177. The Kier molecular flexibility index (Phi) is 10.7. The van der Waals surface area contributed by atoms with Gasteiger partial charge in [0.1, 0.15) is 18.1 Å². The predicted octanol–water partition coefficient (Wildman–Crippen LogP) is -1.85. The molecule has 1 aliphatic heterocycles. The van der Waals surface area contributed by atoms with E-state index in [1.165, 1.54) is 4.90 Å². The number of primary amides is 1. The number of rotatable bonds is 13. The minimum absolute atomic E-state index is 0.0993. The lowest BCUT2D eigenvalue weighted by molar-refractivity contribution is -0.144. The van der Waals surface area contributed by atoms with Crippen molar-refractivity contribution in [2.75, 3.05) is 6.54 Å². The van der Waals surface area contributed by atoms with Crippen LogP contribution in [0.5, 0.6) is 0 Å². The first-order valence-corrected chi connectivity index (χ1v) is 10.8. The lowest BCUT2D eigenvalue weighted by Gasteiger charge is -2.28. The molecule has 0 spiro atoms. The van der Waals surface area contributed by atoms with E-state index in [2.05, 4.69) is 10.6 Å². The molecule has 4 amide bonds. The van der Waals surface area contributed by atoms with Gasteiger partial charge in [-0.1, -0.05) is 20.3 Å². The van der Waals surface area contributed by atoms with Gasteiger partial charge in [0.15, 0.2) is 0 Å². The van der Waals surface area contributed by atoms with E-state index < -0.39 is 72.1 Å². The summed E-state index contributed by atoms with van der Waals surface area (Å²) in [6.07, 6.45) is 0.252. The monoisotopic (exact) mass is 471 g/mol. The zero-order chi connectivity index (χ0) is 25.3. The normalized spacial score (nSPS) is 19.1. The molecule has 5 unspecified atom stereocenters. The van der Waals surface area contributed by atoms with Crippen LogP contribution < -0.4 is 22.1 Å². The first-order chi connectivity index (χ1) is 15.4. The van der Waals surface area contributed by atoms with Crippen molar-refractivity contribution in [1.29, 1.82) is 0 Å². The second-order valence-electron chi connectivity index (χ2n) is 8.17. The molecule has 0 aromatic rings. The van der Waals surface area contributed by atoms with Crippen molar-refractivity contribution in [3.63, 3.8) is 0 Å². The van der Waals surface area contributed by atoms with Crippen molar-refractivity contribution in [3.8, 4) is 0 Å². The summed E-state index contributed by atoms with van der Waals surface area (Å²) in [6, 6.07) is -4.74. The number of carbonyl (C=O) groups is 6. The van der Waals surface area contributed by atoms with Gasteiger partial charge in [0.05, 0.1) is 12.5 Å². The molecule has 0 aromatic heterocycles. The topological polar surface area (TPSA) is 222 Å². The van der Waals surface area contributed by atoms with E-state index in [9.17, 15) is 33.9 Å². The van der Waals surface area contributed by atoms with Crippen LogP contribution >= 0.6 is 0 Å². The molecule has 0 saturated carbocycles. The Balaban J connectivity index is 2.93. The molecular weight excluding hydrogens is 438 g/mol. The summed E-state index contributed by atoms with van der Waals surface area (Å²) in [6.45, 7) is 3.61. The summed E-state index contributed by atoms with van der Waals surface area (Å²) in [5.41, 5.74) is 11.0. The van der Waals surface area contributed by atoms with Gasteiger partial charge in [0.2, 0.25) is 23.6 Å². The number of nitrogens with one attached hydrogen (secondary N) is 2. The number of hydrogen-bond acceptors (Lipinski definition) is 7. The van der Waals surface area contributed by atoms with Gasteiger partial charge in [-0.2, -0.15) is 0 Å². The van der Waals surface area contributed by atoms with Gasteiger partial charge < -0.3 is 37.2 Å². The molecule has 0 bridgehead atoms. The second kappa shape index (κ2) is 12.7. The fraction of sp³-hybridized carbons (Fsp3) is 0.700. The summed E-state index contributed by atoms with van der Waals surface area (Å²) >= 11 is 0. The van der Waals surface area contributed by atoms with Crippen LogP contribution in [0.3, 0.4) is 0 Å². The molecule has 13 heteroatoms. The Labute approximate surface area is 191 Å². The van der Waals surface area contributed by atoms with E-state index in [0.717, 1.165) is 0 Å². The van der Waals surface area contributed by atoms with Crippen LogP contribution in [0.2, 0.25) is 0 Å². The van der Waals surface area contributed by atoms with Crippen LogP contribution in [-0.2, 0) is 28.8 Å². The number of aliphatic carboxylic acids is 2. The molecular formula is C20H33N5O8. The highest BCUT2D eigenvalue weighted by Crippen LogP contribution is 2.19. The summed E-state index contributed by atoms with van der Waals surface area (Å²) in [4.78, 5) is 73.1. The number of nitrogens with two attached hydrogens (primary N) is 2.